The molecule has 0 spiro atoms. The Kier molecular flexibility index (Phi) is 18.1. The molecule has 0 radical (unpaired) electrons. The molecule has 4 aromatic rings. The molecule has 2 aliphatic heterocycles. The number of rotatable bonds is 25. The minimum atomic E-state index is -4.02. The number of ether oxygens (including phenoxy) is 1. The Balaban J connectivity index is 1.11. The Bertz CT molecular complexity index is 2790. The van der Waals surface area contributed by atoms with Crippen molar-refractivity contribution < 1.29 is 27.1 Å². The summed E-state index contributed by atoms with van der Waals surface area (Å²) in [5, 5.41) is 3.63. The molecule has 7 rings (SSSR count). The molecule has 376 valence electrons. The summed E-state index contributed by atoms with van der Waals surface area (Å²) in [4.78, 5) is 14.3. The van der Waals surface area contributed by atoms with Crippen LogP contribution in [0.15, 0.2) is 156 Å². The van der Waals surface area contributed by atoms with E-state index in [4.69, 9.17) is 4.74 Å². The van der Waals surface area contributed by atoms with Gasteiger partial charge in [0.05, 0.1) is 11.2 Å². The summed E-state index contributed by atoms with van der Waals surface area (Å²) >= 11 is 0. The van der Waals surface area contributed by atoms with Gasteiger partial charge in [-0.05, 0) is 141 Å². The van der Waals surface area contributed by atoms with Gasteiger partial charge in [0.1, 0.15) is 18.1 Å². The van der Waals surface area contributed by atoms with Gasteiger partial charge < -0.3 is 15.0 Å². The highest BCUT2D eigenvalue weighted by Crippen LogP contribution is 2.48. The number of ketones is 1. The van der Waals surface area contributed by atoms with E-state index in [1.165, 1.54) is 44.8 Å². The SMILES string of the molecule is C=C(C)C(=O)CCCCCCc1ccc(CNCc2ccc(OC3=C(C=CC4=[N+](CCCCS(=O)(=O)O)c5ccccc5C4(C)C)CCCC3=CC=C3N(CCCC)c4ccccc4C3(C)C)cc2)cc1. The summed E-state index contributed by atoms with van der Waals surface area (Å²) in [6, 6.07) is 34.7. The lowest BCUT2D eigenvalue weighted by atomic mass is 9.81. The number of Topliss-reactive ketones (excluding diaryl/α,β-unsaturated/α-hetero) is 1. The zero-order chi connectivity index (χ0) is 50.6. The van der Waals surface area contributed by atoms with Crippen molar-refractivity contribution in [2.75, 3.05) is 23.7 Å². The van der Waals surface area contributed by atoms with Gasteiger partial charge >= 0.3 is 0 Å². The van der Waals surface area contributed by atoms with Crippen molar-refractivity contribution in [3.05, 3.63) is 184 Å². The van der Waals surface area contributed by atoms with Gasteiger partial charge in [-0.3, -0.25) is 9.35 Å². The fourth-order valence-electron chi connectivity index (χ4n) is 10.5. The van der Waals surface area contributed by atoms with Crippen molar-refractivity contribution in [1.29, 1.82) is 0 Å². The number of para-hydroxylation sites is 2. The number of nitrogens with zero attached hydrogens (tertiary/aromatic N) is 2. The maximum atomic E-state index is 11.8. The summed E-state index contributed by atoms with van der Waals surface area (Å²) in [7, 11) is -4.02. The van der Waals surface area contributed by atoms with E-state index in [-0.39, 0.29) is 22.4 Å². The van der Waals surface area contributed by atoms with Crippen LogP contribution in [0.1, 0.15) is 146 Å². The van der Waals surface area contributed by atoms with Gasteiger partial charge in [0.2, 0.25) is 5.69 Å². The summed E-state index contributed by atoms with van der Waals surface area (Å²) in [5.41, 5.74) is 13.8. The first-order valence-corrected chi connectivity index (χ1v) is 27.8. The number of allylic oxidation sites excluding steroid dienone is 8. The van der Waals surface area contributed by atoms with Gasteiger partial charge in [-0.2, -0.15) is 13.0 Å². The van der Waals surface area contributed by atoms with Crippen LogP contribution in [-0.4, -0.2) is 47.9 Å². The predicted octanol–water partition coefficient (Wildman–Crippen LogP) is 14.1. The minimum Gasteiger partial charge on any atom is -0.457 e. The molecule has 4 aromatic carbocycles. The zero-order valence-corrected chi connectivity index (χ0v) is 44.2. The number of carbonyl (C=O) groups excluding carboxylic acids is 1. The monoisotopic (exact) mass is 977 g/mol. The summed E-state index contributed by atoms with van der Waals surface area (Å²) < 4.78 is 42.0. The molecular weight excluding hydrogens is 899 g/mol. The summed E-state index contributed by atoms with van der Waals surface area (Å²) in [5.74, 6) is 1.64. The second-order valence-electron chi connectivity index (χ2n) is 20.9. The third-order valence-electron chi connectivity index (χ3n) is 14.6. The molecule has 0 bridgehead atoms. The first kappa shape index (κ1) is 53.2. The van der Waals surface area contributed by atoms with Crippen molar-refractivity contribution in [2.24, 2.45) is 0 Å². The van der Waals surface area contributed by atoms with Crippen molar-refractivity contribution in [3.8, 4) is 5.75 Å². The lowest BCUT2D eigenvalue weighted by Crippen LogP contribution is -2.28. The summed E-state index contributed by atoms with van der Waals surface area (Å²) in [6.07, 6.45) is 21.1. The predicted molar refractivity (Wildman–Crippen MR) is 293 cm³/mol. The molecule has 0 aromatic heterocycles. The molecular formula is C62H78N3O5S+. The number of fused-ring (bicyclic) bond motifs is 2. The lowest BCUT2D eigenvalue weighted by Gasteiger charge is -2.27. The van der Waals surface area contributed by atoms with Gasteiger partial charge in [0, 0.05) is 67.0 Å². The Hall–Kier alpha value is -5.61. The molecule has 3 aliphatic rings. The van der Waals surface area contributed by atoms with Gasteiger partial charge in [0.15, 0.2) is 11.5 Å². The normalized spacial score (nSPS) is 17.4. The lowest BCUT2D eigenvalue weighted by molar-refractivity contribution is -0.438. The van der Waals surface area contributed by atoms with Gasteiger partial charge in [-0.15, -0.1) is 0 Å². The molecule has 2 heterocycles. The Morgan fingerprint density at radius 3 is 2.14 bits per heavy atom. The number of hydrogen-bond acceptors (Lipinski definition) is 6. The standard InChI is InChI=1S/C62H77N3O5S/c1-8-9-41-64-55-26-16-14-24-53(55)61(4,5)58(64)39-35-50-22-20-23-51(36-40-59-62(6,7)54-25-15-17-27-56(54)65(59)42-18-19-43-71(67,68)69)60(50)70-52-37-33-49(34-38-52)45-63-44-48-31-29-47(30-32-48)21-12-10-11-13-28-57(66)46(2)3/h14-17,24-27,29-40,63H,2,8-13,18-23,28,41-45H2,1,3-7H3/p+1. The molecule has 0 fully saturated rings. The number of benzene rings is 4. The van der Waals surface area contributed by atoms with Crippen LogP contribution in [0.5, 0.6) is 5.75 Å². The van der Waals surface area contributed by atoms with E-state index in [2.05, 4.69) is 177 Å². The van der Waals surface area contributed by atoms with E-state index in [0.717, 1.165) is 112 Å². The first-order chi connectivity index (χ1) is 34.1. The van der Waals surface area contributed by atoms with Crippen molar-refractivity contribution >= 4 is 33.0 Å². The second kappa shape index (κ2) is 24.2. The molecule has 0 saturated heterocycles. The van der Waals surface area contributed by atoms with E-state index in [1.807, 2.05) is 0 Å². The van der Waals surface area contributed by atoms with E-state index in [0.29, 0.717) is 31.4 Å². The van der Waals surface area contributed by atoms with E-state index in [9.17, 15) is 17.8 Å². The van der Waals surface area contributed by atoms with E-state index < -0.39 is 10.1 Å². The minimum absolute atomic E-state index is 0.156. The number of nitrogens with one attached hydrogen (secondary N) is 1. The highest BCUT2D eigenvalue weighted by atomic mass is 32.2. The highest BCUT2D eigenvalue weighted by Gasteiger charge is 2.44. The zero-order valence-electron chi connectivity index (χ0n) is 43.4. The Labute approximate surface area is 425 Å². The molecule has 8 nitrogen and oxygen atoms in total. The van der Waals surface area contributed by atoms with Crippen LogP contribution in [0.4, 0.5) is 11.4 Å². The molecule has 2 N–H and O–H groups in total. The third-order valence-corrected chi connectivity index (χ3v) is 15.5. The number of aryl methyl sites for hydroxylation is 1. The first-order valence-electron chi connectivity index (χ1n) is 26.2. The number of carbonyl (C=O) groups is 1. The molecule has 9 heteroatoms. The fraction of sp³-hybridized carbons (Fsp3) is 0.419. The largest absolute Gasteiger partial charge is 0.457 e. The third kappa shape index (κ3) is 13.7. The molecule has 0 saturated carbocycles. The van der Waals surface area contributed by atoms with Gasteiger partial charge in [0.25, 0.3) is 10.1 Å². The maximum absolute atomic E-state index is 11.8. The molecule has 0 atom stereocenters. The average Bonchev–Trinajstić information content (AvgIpc) is 3.70. The summed E-state index contributed by atoms with van der Waals surface area (Å²) in [6.45, 7) is 20.1. The second-order valence-corrected chi connectivity index (χ2v) is 22.5. The van der Waals surface area contributed by atoms with Crippen LogP contribution in [0.25, 0.3) is 0 Å². The quantitative estimate of drug-likeness (QED) is 0.0295. The van der Waals surface area contributed by atoms with Crippen LogP contribution in [0, 0.1) is 0 Å². The maximum Gasteiger partial charge on any atom is 0.264 e. The van der Waals surface area contributed by atoms with Crippen molar-refractivity contribution in [2.45, 2.75) is 149 Å². The molecule has 71 heavy (non-hydrogen) atoms. The smallest absolute Gasteiger partial charge is 0.264 e. The van der Waals surface area contributed by atoms with Crippen LogP contribution in [-0.2, 0) is 45.3 Å². The van der Waals surface area contributed by atoms with Crippen LogP contribution in [0.2, 0.25) is 0 Å². The Morgan fingerprint density at radius 2 is 1.44 bits per heavy atom. The molecule has 0 unspecified atom stereocenters. The van der Waals surface area contributed by atoms with E-state index in [1.54, 1.807) is 6.92 Å². The Morgan fingerprint density at radius 1 is 0.775 bits per heavy atom. The van der Waals surface area contributed by atoms with Crippen LogP contribution >= 0.6 is 0 Å². The average molecular weight is 977 g/mol. The van der Waals surface area contributed by atoms with Gasteiger partial charge in [-0.1, -0.05) is 125 Å². The van der Waals surface area contributed by atoms with Crippen molar-refractivity contribution in [1.82, 2.24) is 5.32 Å². The van der Waals surface area contributed by atoms with Crippen LogP contribution in [0.3, 0.4) is 0 Å². The number of unbranched alkanes of at least 4 members (excludes halogenated alkanes) is 5. The topological polar surface area (TPSA) is 98.9 Å². The fourth-order valence-corrected chi connectivity index (χ4v) is 11.1. The van der Waals surface area contributed by atoms with Crippen LogP contribution < -0.4 is 15.0 Å². The number of anilines is 1. The molecule has 1 aliphatic carbocycles. The molecule has 0 amide bonds. The van der Waals surface area contributed by atoms with E-state index >= 15 is 0 Å². The highest BCUT2D eigenvalue weighted by molar-refractivity contribution is 7.85. The van der Waals surface area contributed by atoms with Gasteiger partial charge in [-0.25, -0.2) is 0 Å². The number of hydrogen-bond donors (Lipinski definition) is 2. The van der Waals surface area contributed by atoms with Crippen molar-refractivity contribution in [3.63, 3.8) is 0 Å².